The Morgan fingerprint density at radius 1 is 1.00 bits per heavy atom. The Hall–Kier alpha value is -4.17. The first-order chi connectivity index (χ1) is 16.4. The van der Waals surface area contributed by atoms with Crippen LogP contribution < -0.4 is 17.2 Å². The van der Waals surface area contributed by atoms with Gasteiger partial charge in [-0.25, -0.2) is 10.1 Å². The summed E-state index contributed by atoms with van der Waals surface area (Å²) in [6.07, 6.45) is 6.15. The van der Waals surface area contributed by atoms with Gasteiger partial charge in [-0.2, -0.15) is 0 Å². The highest BCUT2D eigenvalue weighted by Gasteiger charge is 2.22. The first-order valence-electron chi connectivity index (χ1n) is 11.1. The predicted molar refractivity (Wildman–Crippen MR) is 136 cm³/mol. The van der Waals surface area contributed by atoms with Crippen molar-refractivity contribution in [3.8, 4) is 11.1 Å². The normalized spacial score (nSPS) is 12.9. The van der Waals surface area contributed by atoms with E-state index in [0.29, 0.717) is 35.0 Å². The Balaban J connectivity index is 1.58. The lowest BCUT2D eigenvalue weighted by atomic mass is 10.0. The summed E-state index contributed by atoms with van der Waals surface area (Å²) >= 11 is 0. The lowest BCUT2D eigenvalue weighted by molar-refractivity contribution is -0.187. The molecule has 6 N–H and O–H groups in total. The average molecular weight is 457 g/mol. The van der Waals surface area contributed by atoms with E-state index >= 15 is 0 Å². The number of carbonyl (C=O) groups excluding carboxylic acids is 1. The molecule has 174 valence electrons. The summed E-state index contributed by atoms with van der Waals surface area (Å²) in [5.41, 5.74) is 23.8. The second-order valence-electron chi connectivity index (χ2n) is 8.15. The Morgan fingerprint density at radius 3 is 2.53 bits per heavy atom. The summed E-state index contributed by atoms with van der Waals surface area (Å²) in [4.78, 5) is 28.0. The van der Waals surface area contributed by atoms with Crippen molar-refractivity contribution >= 4 is 34.9 Å². The smallest absolute Gasteiger partial charge is 0.273 e. The van der Waals surface area contributed by atoms with Crippen molar-refractivity contribution in [2.45, 2.75) is 26.4 Å². The Morgan fingerprint density at radius 2 is 1.79 bits per heavy atom. The fourth-order valence-electron chi connectivity index (χ4n) is 3.68. The topological polar surface area (TPSA) is 133 Å². The molecular weight excluding hydrogens is 428 g/mol. The predicted octanol–water partition coefficient (Wildman–Crippen LogP) is 4.06. The third-order valence-electron chi connectivity index (χ3n) is 5.38. The molecule has 0 bridgehead atoms. The van der Waals surface area contributed by atoms with Gasteiger partial charge in [0, 0.05) is 47.7 Å². The van der Waals surface area contributed by atoms with Crippen molar-refractivity contribution < 1.29 is 9.63 Å². The molecule has 0 radical (unpaired) electrons. The molecule has 1 amide bonds. The van der Waals surface area contributed by atoms with Gasteiger partial charge in [-0.3, -0.25) is 14.6 Å². The molecule has 8 heteroatoms. The number of hydrogen-bond donors (Lipinski definition) is 3. The summed E-state index contributed by atoms with van der Waals surface area (Å²) in [7, 11) is 0. The highest BCUT2D eigenvalue weighted by Crippen LogP contribution is 2.32. The van der Waals surface area contributed by atoms with E-state index in [1.807, 2.05) is 49.4 Å². The van der Waals surface area contributed by atoms with Gasteiger partial charge in [0.05, 0.1) is 11.4 Å². The molecule has 1 aliphatic rings. The number of amidine groups is 1. The van der Waals surface area contributed by atoms with Crippen LogP contribution in [0.3, 0.4) is 0 Å². The van der Waals surface area contributed by atoms with Crippen molar-refractivity contribution in [3.63, 3.8) is 0 Å². The van der Waals surface area contributed by atoms with E-state index in [1.165, 1.54) is 5.06 Å². The minimum atomic E-state index is -0.229. The Kier molecular flexibility index (Phi) is 6.89. The third-order valence-corrected chi connectivity index (χ3v) is 5.38. The molecule has 8 nitrogen and oxygen atoms in total. The number of hydrogen-bond acceptors (Lipinski definition) is 7. The van der Waals surface area contributed by atoms with Crippen LogP contribution >= 0.6 is 0 Å². The van der Waals surface area contributed by atoms with Crippen LogP contribution in [-0.4, -0.2) is 28.3 Å². The minimum absolute atomic E-state index is 0.229. The number of amides is 1. The third kappa shape index (κ3) is 5.41. The number of fused-ring (bicyclic) bond motifs is 1. The number of hydroxylamine groups is 2. The Labute approximate surface area is 198 Å². The maximum absolute atomic E-state index is 13.4. The maximum Gasteiger partial charge on any atom is 0.273 e. The van der Waals surface area contributed by atoms with Gasteiger partial charge in [0.25, 0.3) is 5.91 Å². The quantitative estimate of drug-likeness (QED) is 0.363. The number of nitrogens with two attached hydrogens (primary N) is 3. The van der Waals surface area contributed by atoms with E-state index in [0.717, 1.165) is 28.7 Å². The van der Waals surface area contributed by atoms with Gasteiger partial charge >= 0.3 is 0 Å². The van der Waals surface area contributed by atoms with Gasteiger partial charge in [-0.1, -0.05) is 31.2 Å². The van der Waals surface area contributed by atoms with E-state index in [-0.39, 0.29) is 18.9 Å². The zero-order valence-electron chi connectivity index (χ0n) is 19.1. The fraction of sp³-hybridized carbons (Fsp3) is 0.192. The number of aromatic nitrogens is 1. The molecule has 34 heavy (non-hydrogen) atoms. The summed E-state index contributed by atoms with van der Waals surface area (Å²) in [6.45, 7) is 2.71. The van der Waals surface area contributed by atoms with Crippen LogP contribution in [0.1, 0.15) is 30.9 Å². The second kappa shape index (κ2) is 10.2. The van der Waals surface area contributed by atoms with Crippen LogP contribution in [0.5, 0.6) is 0 Å². The number of carbonyl (C=O) groups is 1. The van der Waals surface area contributed by atoms with Crippen LogP contribution in [0.25, 0.3) is 17.2 Å². The molecule has 0 unspecified atom stereocenters. The van der Waals surface area contributed by atoms with Gasteiger partial charge in [-0.05, 0) is 47.9 Å². The van der Waals surface area contributed by atoms with Crippen LogP contribution in [0.4, 0.5) is 17.1 Å². The molecule has 1 aliphatic heterocycles. The van der Waals surface area contributed by atoms with Gasteiger partial charge in [0.2, 0.25) is 0 Å². The first kappa shape index (κ1) is 23.0. The summed E-state index contributed by atoms with van der Waals surface area (Å²) in [6, 6.07) is 15.0. The zero-order valence-corrected chi connectivity index (χ0v) is 19.1. The van der Waals surface area contributed by atoms with Crippen molar-refractivity contribution in [1.29, 1.82) is 0 Å². The molecule has 0 spiro atoms. The number of nitrogens with zero attached hydrogens (tertiary/aromatic N) is 3. The standard InChI is InChI=1S/C26H28N6O2/c1-2-9-32(34-16-17-3-7-22(27)8-4-17)26(33)20-10-19-6-5-18(12-24(19)31-25(29)13-20)21-11-23(28)15-30-14-21/h3-8,10-12,14-15H,2,9,13,16,27-28H2,1H3,(H2,29,31). The van der Waals surface area contributed by atoms with Gasteiger partial charge in [0.15, 0.2) is 0 Å². The number of rotatable bonds is 7. The van der Waals surface area contributed by atoms with Crippen molar-refractivity contribution in [3.05, 3.63) is 77.6 Å². The average Bonchev–Trinajstić information content (AvgIpc) is 2.99. The second-order valence-corrected chi connectivity index (χ2v) is 8.15. The van der Waals surface area contributed by atoms with E-state index in [9.17, 15) is 4.79 Å². The molecular formula is C26H28N6O2. The lowest BCUT2D eigenvalue weighted by Gasteiger charge is -2.22. The number of anilines is 2. The molecule has 2 aromatic carbocycles. The molecule has 4 rings (SSSR count). The molecule has 0 saturated carbocycles. The lowest BCUT2D eigenvalue weighted by Crippen LogP contribution is -2.34. The highest BCUT2D eigenvalue weighted by atomic mass is 16.7. The van der Waals surface area contributed by atoms with E-state index < -0.39 is 0 Å². The van der Waals surface area contributed by atoms with E-state index in [1.54, 1.807) is 24.5 Å². The SMILES string of the molecule is CCCN(OCc1ccc(N)cc1)C(=O)C1=Cc2ccc(-c3cncc(N)c3)cc2N=C(N)C1. The molecule has 3 aromatic rings. The largest absolute Gasteiger partial charge is 0.399 e. The number of benzene rings is 2. The van der Waals surface area contributed by atoms with Crippen LogP contribution in [0.15, 0.2) is 71.5 Å². The zero-order chi connectivity index (χ0) is 24.1. The number of aliphatic imine (C=N–C) groups is 1. The fourth-order valence-corrected chi connectivity index (χ4v) is 3.68. The van der Waals surface area contributed by atoms with E-state index in [2.05, 4.69) is 9.98 Å². The monoisotopic (exact) mass is 456 g/mol. The molecule has 0 fully saturated rings. The molecule has 0 atom stereocenters. The van der Waals surface area contributed by atoms with Gasteiger partial charge < -0.3 is 17.2 Å². The first-order valence-corrected chi connectivity index (χ1v) is 11.1. The molecule has 2 heterocycles. The van der Waals surface area contributed by atoms with E-state index in [4.69, 9.17) is 22.0 Å². The van der Waals surface area contributed by atoms with Crippen molar-refractivity contribution in [2.24, 2.45) is 10.7 Å². The van der Waals surface area contributed by atoms with Gasteiger partial charge in [0.1, 0.15) is 12.4 Å². The maximum atomic E-state index is 13.4. The molecule has 1 aromatic heterocycles. The summed E-state index contributed by atoms with van der Waals surface area (Å²) in [5.74, 6) is 0.128. The summed E-state index contributed by atoms with van der Waals surface area (Å²) < 4.78 is 0. The molecule has 0 aliphatic carbocycles. The van der Waals surface area contributed by atoms with Gasteiger partial charge in [-0.15, -0.1) is 0 Å². The van der Waals surface area contributed by atoms with Crippen molar-refractivity contribution in [2.75, 3.05) is 18.0 Å². The van der Waals surface area contributed by atoms with Crippen LogP contribution in [-0.2, 0) is 16.2 Å². The highest BCUT2D eigenvalue weighted by molar-refractivity contribution is 6.05. The van der Waals surface area contributed by atoms with Crippen LogP contribution in [0.2, 0.25) is 0 Å². The summed E-state index contributed by atoms with van der Waals surface area (Å²) in [5, 5.41) is 1.40. The Bertz CT molecular complexity index is 1250. The number of pyridine rings is 1. The van der Waals surface area contributed by atoms with Crippen molar-refractivity contribution in [1.82, 2.24) is 10.0 Å². The molecule has 0 saturated heterocycles. The van der Waals surface area contributed by atoms with Crippen LogP contribution in [0, 0.1) is 0 Å². The number of nitrogen functional groups attached to an aromatic ring is 2. The minimum Gasteiger partial charge on any atom is -0.399 e.